The number of aliphatic hydroxyl groups excluding tert-OH is 1. The van der Waals surface area contributed by atoms with Crippen molar-refractivity contribution in [1.82, 2.24) is 0 Å². The van der Waals surface area contributed by atoms with E-state index in [-0.39, 0.29) is 5.92 Å². The van der Waals surface area contributed by atoms with Crippen molar-refractivity contribution in [2.45, 2.75) is 12.0 Å². The van der Waals surface area contributed by atoms with Crippen LogP contribution in [0.1, 0.15) is 28.7 Å². The molecule has 1 nitrogen and oxygen atoms in total. The standard InChI is InChI=1S/C22H20O/c23-22(20-14-8-3-9-15-20)21(19-12-6-2-7-13-19)17-16-18-10-4-1-5-11-18/h1-17,21-23H/b17-16+/t21-,22+/m0/s1. The molecule has 1 heteroatoms. The SMILES string of the molecule is O[C@H](c1ccccc1)[C@@H](/C=C/c1ccccc1)c1ccccc1. The molecule has 3 rings (SSSR count). The zero-order valence-electron chi connectivity index (χ0n) is 12.9. The van der Waals surface area contributed by atoms with Crippen LogP contribution in [0.25, 0.3) is 6.08 Å². The summed E-state index contributed by atoms with van der Waals surface area (Å²) in [6.45, 7) is 0. The Hall–Kier alpha value is -2.64. The topological polar surface area (TPSA) is 20.2 Å². The number of rotatable bonds is 5. The molecule has 0 radical (unpaired) electrons. The Morgan fingerprint density at radius 3 is 1.65 bits per heavy atom. The Morgan fingerprint density at radius 1 is 0.609 bits per heavy atom. The van der Waals surface area contributed by atoms with Gasteiger partial charge < -0.3 is 5.11 Å². The summed E-state index contributed by atoms with van der Waals surface area (Å²) in [5.41, 5.74) is 3.17. The first kappa shape index (κ1) is 15.3. The van der Waals surface area contributed by atoms with Crippen molar-refractivity contribution in [3.05, 3.63) is 114 Å². The van der Waals surface area contributed by atoms with E-state index in [2.05, 4.69) is 36.4 Å². The highest BCUT2D eigenvalue weighted by atomic mass is 16.3. The van der Waals surface area contributed by atoms with Gasteiger partial charge in [0.2, 0.25) is 0 Å². The molecule has 0 saturated heterocycles. The van der Waals surface area contributed by atoms with Crippen LogP contribution >= 0.6 is 0 Å². The van der Waals surface area contributed by atoms with Crippen molar-refractivity contribution >= 4 is 6.08 Å². The molecule has 0 aliphatic carbocycles. The first-order valence-electron chi connectivity index (χ1n) is 7.86. The van der Waals surface area contributed by atoms with E-state index in [1.807, 2.05) is 66.7 Å². The molecule has 0 aromatic heterocycles. The molecule has 0 spiro atoms. The van der Waals surface area contributed by atoms with Gasteiger partial charge in [0.25, 0.3) is 0 Å². The van der Waals surface area contributed by atoms with Crippen LogP contribution in [0.2, 0.25) is 0 Å². The molecule has 3 aromatic carbocycles. The van der Waals surface area contributed by atoms with E-state index >= 15 is 0 Å². The van der Waals surface area contributed by atoms with Crippen LogP contribution < -0.4 is 0 Å². The molecule has 1 N–H and O–H groups in total. The minimum Gasteiger partial charge on any atom is -0.387 e. The predicted molar refractivity (Wildman–Crippen MR) is 96.1 cm³/mol. The Morgan fingerprint density at radius 2 is 1.09 bits per heavy atom. The molecule has 114 valence electrons. The second kappa shape index (κ2) is 7.57. The highest BCUT2D eigenvalue weighted by Crippen LogP contribution is 2.32. The monoisotopic (exact) mass is 300 g/mol. The molecule has 0 heterocycles. The van der Waals surface area contributed by atoms with Crippen LogP contribution in [0.5, 0.6) is 0 Å². The first-order chi connectivity index (χ1) is 11.3. The van der Waals surface area contributed by atoms with E-state index in [1.165, 1.54) is 0 Å². The molecule has 23 heavy (non-hydrogen) atoms. The van der Waals surface area contributed by atoms with Crippen LogP contribution in [-0.4, -0.2) is 5.11 Å². The zero-order valence-corrected chi connectivity index (χ0v) is 12.9. The molecule has 3 aromatic rings. The van der Waals surface area contributed by atoms with Crippen LogP contribution in [0.4, 0.5) is 0 Å². The maximum Gasteiger partial charge on any atom is 0.0893 e. The number of hydrogen-bond acceptors (Lipinski definition) is 1. The third-order valence-electron chi connectivity index (χ3n) is 3.96. The minimum absolute atomic E-state index is 0.0844. The maximum absolute atomic E-state index is 10.9. The van der Waals surface area contributed by atoms with Gasteiger partial charge in [0.15, 0.2) is 0 Å². The Balaban J connectivity index is 1.93. The van der Waals surface area contributed by atoms with Gasteiger partial charge in [-0.25, -0.2) is 0 Å². The lowest BCUT2D eigenvalue weighted by Crippen LogP contribution is -2.08. The Labute approximate surface area is 137 Å². The summed E-state index contributed by atoms with van der Waals surface area (Å²) in [5, 5.41) is 10.9. The van der Waals surface area contributed by atoms with E-state index in [9.17, 15) is 5.11 Å². The molecule has 0 fully saturated rings. The summed E-state index contributed by atoms with van der Waals surface area (Å²) in [7, 11) is 0. The minimum atomic E-state index is -0.571. The summed E-state index contributed by atoms with van der Waals surface area (Å²) < 4.78 is 0. The van der Waals surface area contributed by atoms with Gasteiger partial charge in [-0.1, -0.05) is 103 Å². The summed E-state index contributed by atoms with van der Waals surface area (Å²) >= 11 is 0. The van der Waals surface area contributed by atoms with E-state index in [4.69, 9.17) is 0 Å². The van der Waals surface area contributed by atoms with E-state index in [1.54, 1.807) is 0 Å². The predicted octanol–water partition coefficient (Wildman–Crippen LogP) is 5.22. The molecule has 0 amide bonds. The van der Waals surface area contributed by atoms with Crippen LogP contribution in [-0.2, 0) is 0 Å². The van der Waals surface area contributed by atoms with Crippen LogP contribution in [0, 0.1) is 0 Å². The Kier molecular flexibility index (Phi) is 5.02. The highest BCUT2D eigenvalue weighted by Gasteiger charge is 2.19. The maximum atomic E-state index is 10.9. The van der Waals surface area contributed by atoms with Gasteiger partial charge >= 0.3 is 0 Å². The third kappa shape index (κ3) is 3.97. The summed E-state index contributed by atoms with van der Waals surface area (Å²) in [6, 6.07) is 30.1. The fourth-order valence-electron chi connectivity index (χ4n) is 2.71. The third-order valence-corrected chi connectivity index (χ3v) is 3.96. The number of aliphatic hydroxyl groups is 1. The van der Waals surface area contributed by atoms with Crippen molar-refractivity contribution in [2.75, 3.05) is 0 Å². The molecule has 2 atom stereocenters. The zero-order chi connectivity index (χ0) is 15.9. The summed E-state index contributed by atoms with van der Waals surface area (Å²) in [6.07, 6.45) is 3.59. The van der Waals surface area contributed by atoms with Crippen molar-refractivity contribution in [1.29, 1.82) is 0 Å². The average molecular weight is 300 g/mol. The smallest absolute Gasteiger partial charge is 0.0893 e. The van der Waals surface area contributed by atoms with Crippen molar-refractivity contribution in [3.8, 4) is 0 Å². The number of benzene rings is 3. The van der Waals surface area contributed by atoms with Gasteiger partial charge in [-0.2, -0.15) is 0 Å². The van der Waals surface area contributed by atoms with Crippen LogP contribution in [0.15, 0.2) is 97.1 Å². The summed E-state index contributed by atoms with van der Waals surface area (Å²) in [4.78, 5) is 0. The van der Waals surface area contributed by atoms with Crippen molar-refractivity contribution in [3.63, 3.8) is 0 Å². The number of hydrogen-bond donors (Lipinski definition) is 1. The van der Waals surface area contributed by atoms with Crippen LogP contribution in [0.3, 0.4) is 0 Å². The fourth-order valence-corrected chi connectivity index (χ4v) is 2.71. The molecular weight excluding hydrogens is 280 g/mol. The molecule has 0 bridgehead atoms. The lowest BCUT2D eigenvalue weighted by molar-refractivity contribution is 0.162. The Bertz CT molecular complexity index is 733. The quantitative estimate of drug-likeness (QED) is 0.685. The van der Waals surface area contributed by atoms with Gasteiger partial charge in [0.1, 0.15) is 0 Å². The normalized spacial score (nSPS) is 13.8. The molecule has 0 unspecified atom stereocenters. The molecular formula is C22H20O. The lowest BCUT2D eigenvalue weighted by atomic mass is 9.88. The summed E-state index contributed by atoms with van der Waals surface area (Å²) in [5.74, 6) is -0.0844. The van der Waals surface area contributed by atoms with Crippen molar-refractivity contribution < 1.29 is 5.11 Å². The lowest BCUT2D eigenvalue weighted by Gasteiger charge is -2.21. The second-order valence-electron chi connectivity index (χ2n) is 5.56. The van der Waals surface area contributed by atoms with Gasteiger partial charge in [-0.05, 0) is 16.7 Å². The van der Waals surface area contributed by atoms with E-state index < -0.39 is 6.10 Å². The van der Waals surface area contributed by atoms with Gasteiger partial charge in [-0.15, -0.1) is 0 Å². The highest BCUT2D eigenvalue weighted by molar-refractivity contribution is 5.51. The average Bonchev–Trinajstić information content (AvgIpc) is 2.64. The van der Waals surface area contributed by atoms with Gasteiger partial charge in [-0.3, -0.25) is 0 Å². The van der Waals surface area contributed by atoms with Gasteiger partial charge in [0, 0.05) is 5.92 Å². The van der Waals surface area contributed by atoms with Gasteiger partial charge in [0.05, 0.1) is 6.10 Å². The van der Waals surface area contributed by atoms with E-state index in [0.29, 0.717) is 0 Å². The largest absolute Gasteiger partial charge is 0.387 e. The second-order valence-corrected chi connectivity index (χ2v) is 5.56. The van der Waals surface area contributed by atoms with E-state index in [0.717, 1.165) is 16.7 Å². The van der Waals surface area contributed by atoms with Crippen molar-refractivity contribution in [2.24, 2.45) is 0 Å². The molecule has 0 aliphatic heterocycles. The molecule has 0 aliphatic rings. The first-order valence-corrected chi connectivity index (χ1v) is 7.86. The molecule has 0 saturated carbocycles. The fraction of sp³-hybridized carbons (Fsp3) is 0.0909.